The standard InChI is InChI=1S/C13H23NO3/c1-3-4-5-6-8-11(15)14-10-7-9-13(14,2)12(16)17/h3-10H2,1-2H3,(H,16,17). The van der Waals surface area contributed by atoms with Gasteiger partial charge in [-0.15, -0.1) is 0 Å². The second-order valence-corrected chi connectivity index (χ2v) is 5.04. The van der Waals surface area contributed by atoms with Crippen LogP contribution in [0.3, 0.4) is 0 Å². The second-order valence-electron chi connectivity index (χ2n) is 5.04. The molecular weight excluding hydrogens is 218 g/mol. The Morgan fingerprint density at radius 3 is 2.59 bits per heavy atom. The Morgan fingerprint density at radius 2 is 2.00 bits per heavy atom. The van der Waals surface area contributed by atoms with E-state index >= 15 is 0 Å². The monoisotopic (exact) mass is 241 g/mol. The number of carboxylic acids is 1. The smallest absolute Gasteiger partial charge is 0.329 e. The van der Waals surface area contributed by atoms with Crippen LogP contribution in [0.1, 0.15) is 58.8 Å². The van der Waals surface area contributed by atoms with Gasteiger partial charge in [0.05, 0.1) is 0 Å². The van der Waals surface area contributed by atoms with Crippen molar-refractivity contribution in [2.24, 2.45) is 0 Å². The molecule has 0 bridgehead atoms. The van der Waals surface area contributed by atoms with E-state index in [4.69, 9.17) is 0 Å². The van der Waals surface area contributed by atoms with Gasteiger partial charge < -0.3 is 10.0 Å². The molecule has 0 aliphatic carbocycles. The van der Waals surface area contributed by atoms with Gasteiger partial charge in [-0.05, 0) is 26.2 Å². The van der Waals surface area contributed by atoms with Gasteiger partial charge in [0, 0.05) is 13.0 Å². The first-order valence-electron chi connectivity index (χ1n) is 6.56. The highest BCUT2D eigenvalue weighted by atomic mass is 16.4. The lowest BCUT2D eigenvalue weighted by atomic mass is 9.99. The molecule has 1 unspecified atom stereocenters. The normalized spacial score (nSPS) is 24.0. The number of carbonyl (C=O) groups excluding carboxylic acids is 1. The molecule has 1 atom stereocenters. The van der Waals surface area contributed by atoms with Crippen LogP contribution in [0, 0.1) is 0 Å². The fourth-order valence-corrected chi connectivity index (χ4v) is 2.42. The average molecular weight is 241 g/mol. The molecule has 98 valence electrons. The third-order valence-corrected chi connectivity index (χ3v) is 3.65. The van der Waals surface area contributed by atoms with Gasteiger partial charge in [-0.3, -0.25) is 4.79 Å². The number of likely N-dealkylation sites (tertiary alicyclic amines) is 1. The van der Waals surface area contributed by atoms with E-state index in [0.717, 1.165) is 32.1 Å². The maximum absolute atomic E-state index is 12.0. The van der Waals surface area contributed by atoms with E-state index in [0.29, 0.717) is 19.4 Å². The van der Waals surface area contributed by atoms with E-state index < -0.39 is 11.5 Å². The van der Waals surface area contributed by atoms with E-state index in [9.17, 15) is 14.7 Å². The van der Waals surface area contributed by atoms with Crippen molar-refractivity contribution < 1.29 is 14.7 Å². The van der Waals surface area contributed by atoms with Crippen LogP contribution in [0.25, 0.3) is 0 Å². The van der Waals surface area contributed by atoms with Crippen molar-refractivity contribution in [3.8, 4) is 0 Å². The van der Waals surface area contributed by atoms with Crippen molar-refractivity contribution in [2.75, 3.05) is 6.54 Å². The first-order valence-corrected chi connectivity index (χ1v) is 6.56. The molecule has 0 aromatic heterocycles. The molecule has 1 aliphatic heterocycles. The Morgan fingerprint density at radius 1 is 1.29 bits per heavy atom. The highest BCUT2D eigenvalue weighted by molar-refractivity contribution is 5.87. The van der Waals surface area contributed by atoms with E-state index in [-0.39, 0.29) is 5.91 Å². The SMILES string of the molecule is CCCCCCC(=O)N1CCCC1(C)C(=O)O. The largest absolute Gasteiger partial charge is 0.480 e. The summed E-state index contributed by atoms with van der Waals surface area (Å²) in [7, 11) is 0. The molecule has 0 spiro atoms. The minimum atomic E-state index is -0.970. The molecule has 17 heavy (non-hydrogen) atoms. The summed E-state index contributed by atoms with van der Waals surface area (Å²) in [5, 5.41) is 9.21. The molecule has 0 saturated carbocycles. The van der Waals surface area contributed by atoms with E-state index in [1.807, 2.05) is 0 Å². The van der Waals surface area contributed by atoms with E-state index in [1.165, 1.54) is 0 Å². The molecule has 0 radical (unpaired) electrons. The molecule has 0 aromatic rings. The van der Waals surface area contributed by atoms with Gasteiger partial charge >= 0.3 is 5.97 Å². The van der Waals surface area contributed by atoms with E-state index in [2.05, 4.69) is 6.92 Å². The topological polar surface area (TPSA) is 57.6 Å². The molecule has 0 aromatic carbocycles. The summed E-state index contributed by atoms with van der Waals surface area (Å²) >= 11 is 0. The molecule has 4 heteroatoms. The number of carbonyl (C=O) groups is 2. The lowest BCUT2D eigenvalue weighted by Gasteiger charge is -2.31. The van der Waals surface area contributed by atoms with Crippen LogP contribution in [0.2, 0.25) is 0 Å². The minimum Gasteiger partial charge on any atom is -0.480 e. The number of aliphatic carboxylic acids is 1. The number of amides is 1. The first kappa shape index (κ1) is 14.0. The third kappa shape index (κ3) is 3.20. The fourth-order valence-electron chi connectivity index (χ4n) is 2.42. The third-order valence-electron chi connectivity index (χ3n) is 3.65. The molecular formula is C13H23NO3. The molecule has 1 heterocycles. The summed E-state index contributed by atoms with van der Waals surface area (Å²) < 4.78 is 0. The Hall–Kier alpha value is -1.06. The number of hydrogen-bond acceptors (Lipinski definition) is 2. The van der Waals surface area contributed by atoms with Gasteiger partial charge in [0.1, 0.15) is 5.54 Å². The maximum atomic E-state index is 12.0. The molecule has 1 fully saturated rings. The fraction of sp³-hybridized carbons (Fsp3) is 0.846. The highest BCUT2D eigenvalue weighted by Gasteiger charge is 2.45. The summed E-state index contributed by atoms with van der Waals surface area (Å²) in [5.41, 5.74) is -0.970. The van der Waals surface area contributed by atoms with Gasteiger partial charge in [0.25, 0.3) is 0 Å². The van der Waals surface area contributed by atoms with Crippen LogP contribution in [-0.2, 0) is 9.59 Å². The van der Waals surface area contributed by atoms with Crippen LogP contribution in [-0.4, -0.2) is 34.0 Å². The predicted octanol–water partition coefficient (Wildman–Crippen LogP) is 2.42. The zero-order valence-corrected chi connectivity index (χ0v) is 10.9. The van der Waals surface area contributed by atoms with Crippen molar-refractivity contribution in [3.05, 3.63) is 0 Å². The molecule has 1 amide bonds. The zero-order valence-electron chi connectivity index (χ0n) is 10.9. The van der Waals surface area contributed by atoms with Crippen LogP contribution >= 0.6 is 0 Å². The van der Waals surface area contributed by atoms with Crippen LogP contribution in [0.5, 0.6) is 0 Å². The lowest BCUT2D eigenvalue weighted by molar-refractivity contribution is -0.155. The summed E-state index contributed by atoms with van der Waals surface area (Å²) in [4.78, 5) is 24.8. The van der Waals surface area contributed by atoms with Crippen molar-refractivity contribution in [1.82, 2.24) is 4.90 Å². The Labute approximate surface area is 103 Å². The highest BCUT2D eigenvalue weighted by Crippen LogP contribution is 2.30. The second kappa shape index (κ2) is 6.03. The molecule has 1 aliphatic rings. The zero-order chi connectivity index (χ0) is 12.9. The number of hydrogen-bond donors (Lipinski definition) is 1. The molecule has 1 rings (SSSR count). The summed E-state index contributed by atoms with van der Waals surface area (Å²) in [6.07, 6.45) is 6.07. The van der Waals surface area contributed by atoms with Gasteiger partial charge in [0.2, 0.25) is 5.91 Å². The number of nitrogens with zero attached hydrogens (tertiary/aromatic N) is 1. The molecule has 4 nitrogen and oxygen atoms in total. The van der Waals surface area contributed by atoms with Crippen molar-refractivity contribution in [2.45, 2.75) is 64.3 Å². The summed E-state index contributed by atoms with van der Waals surface area (Å²) in [6.45, 7) is 4.38. The Balaban J connectivity index is 2.48. The van der Waals surface area contributed by atoms with Crippen molar-refractivity contribution >= 4 is 11.9 Å². The Kier molecular flexibility index (Phi) is 4.97. The lowest BCUT2D eigenvalue weighted by Crippen LogP contribution is -2.50. The quantitative estimate of drug-likeness (QED) is 0.726. The number of rotatable bonds is 6. The maximum Gasteiger partial charge on any atom is 0.329 e. The minimum absolute atomic E-state index is 0.00324. The van der Waals surface area contributed by atoms with Crippen LogP contribution in [0.15, 0.2) is 0 Å². The molecule has 1 N–H and O–H groups in total. The van der Waals surface area contributed by atoms with Crippen molar-refractivity contribution in [3.63, 3.8) is 0 Å². The van der Waals surface area contributed by atoms with Gasteiger partial charge in [-0.25, -0.2) is 4.79 Å². The summed E-state index contributed by atoms with van der Waals surface area (Å²) in [5.74, 6) is -0.875. The Bertz CT molecular complexity index is 290. The van der Waals surface area contributed by atoms with Crippen molar-refractivity contribution in [1.29, 1.82) is 0 Å². The van der Waals surface area contributed by atoms with Crippen LogP contribution < -0.4 is 0 Å². The van der Waals surface area contributed by atoms with E-state index in [1.54, 1.807) is 11.8 Å². The van der Waals surface area contributed by atoms with Crippen LogP contribution in [0.4, 0.5) is 0 Å². The van der Waals surface area contributed by atoms with Gasteiger partial charge in [0.15, 0.2) is 0 Å². The first-order chi connectivity index (χ1) is 8.02. The number of carboxylic acid groups (broad SMARTS) is 1. The van der Waals surface area contributed by atoms with Gasteiger partial charge in [-0.1, -0.05) is 26.2 Å². The molecule has 1 saturated heterocycles. The van der Waals surface area contributed by atoms with Gasteiger partial charge in [-0.2, -0.15) is 0 Å². The average Bonchev–Trinajstić information content (AvgIpc) is 2.68. The predicted molar refractivity (Wildman–Crippen MR) is 65.7 cm³/mol. The summed E-state index contributed by atoms with van der Waals surface area (Å²) in [6, 6.07) is 0. The number of unbranched alkanes of at least 4 members (excludes halogenated alkanes) is 3.